The maximum atomic E-state index is 4.23. The van der Waals surface area contributed by atoms with E-state index in [-0.39, 0.29) is 6.04 Å². The molecule has 0 aliphatic rings. The number of hydrogen-bond donors (Lipinski definition) is 1. The van der Waals surface area contributed by atoms with Gasteiger partial charge in [-0.25, -0.2) is 0 Å². The Morgan fingerprint density at radius 3 is 2.82 bits per heavy atom. The van der Waals surface area contributed by atoms with Crippen molar-refractivity contribution in [2.24, 2.45) is 7.05 Å². The molecule has 0 aromatic carbocycles. The Balaban J connectivity index is 2.25. The molecule has 0 radical (unpaired) electrons. The van der Waals surface area contributed by atoms with E-state index < -0.39 is 0 Å². The van der Waals surface area contributed by atoms with Crippen LogP contribution < -0.4 is 5.32 Å². The van der Waals surface area contributed by atoms with Gasteiger partial charge in [-0.15, -0.1) is 0 Å². The summed E-state index contributed by atoms with van der Waals surface area (Å²) in [6, 6.07) is 4.23. The van der Waals surface area contributed by atoms with E-state index in [4.69, 9.17) is 0 Å². The summed E-state index contributed by atoms with van der Waals surface area (Å²) >= 11 is 0. The van der Waals surface area contributed by atoms with Crippen LogP contribution in [-0.4, -0.2) is 21.3 Å². The molecular formula is C13H18N4. The zero-order chi connectivity index (χ0) is 12.1. The monoisotopic (exact) mass is 230 g/mol. The third-order valence-electron chi connectivity index (χ3n) is 2.67. The minimum Gasteiger partial charge on any atom is -0.306 e. The normalized spacial score (nSPS) is 12.6. The lowest BCUT2D eigenvalue weighted by atomic mass is 10.0. The zero-order valence-electron chi connectivity index (χ0n) is 10.3. The van der Waals surface area contributed by atoms with Gasteiger partial charge < -0.3 is 5.32 Å². The van der Waals surface area contributed by atoms with Gasteiger partial charge in [0.1, 0.15) is 0 Å². The average Bonchev–Trinajstić information content (AvgIpc) is 2.78. The van der Waals surface area contributed by atoms with Crippen LogP contribution in [0.1, 0.15) is 30.5 Å². The number of hydrogen-bond acceptors (Lipinski definition) is 3. The van der Waals surface area contributed by atoms with Crippen molar-refractivity contribution in [1.82, 2.24) is 20.1 Å². The van der Waals surface area contributed by atoms with E-state index in [1.54, 1.807) is 6.20 Å². The Labute approximate surface area is 102 Å². The van der Waals surface area contributed by atoms with E-state index in [1.165, 1.54) is 11.1 Å². The minimum atomic E-state index is 0.178. The van der Waals surface area contributed by atoms with E-state index in [9.17, 15) is 0 Å². The van der Waals surface area contributed by atoms with Gasteiger partial charge in [-0.05, 0) is 24.6 Å². The van der Waals surface area contributed by atoms with Crippen LogP contribution in [0.15, 0.2) is 36.9 Å². The summed E-state index contributed by atoms with van der Waals surface area (Å²) in [7, 11) is 1.93. The van der Waals surface area contributed by atoms with Gasteiger partial charge in [-0.2, -0.15) is 5.10 Å². The minimum absolute atomic E-state index is 0.178. The van der Waals surface area contributed by atoms with E-state index in [0.717, 1.165) is 13.0 Å². The van der Waals surface area contributed by atoms with Crippen LogP contribution >= 0.6 is 0 Å². The molecule has 0 aliphatic carbocycles. The first-order valence-corrected chi connectivity index (χ1v) is 5.93. The fourth-order valence-corrected chi connectivity index (χ4v) is 1.85. The Hall–Kier alpha value is -1.68. The summed E-state index contributed by atoms with van der Waals surface area (Å²) in [5.74, 6) is 0. The fraction of sp³-hybridized carbons (Fsp3) is 0.385. The molecule has 2 heterocycles. The molecular weight excluding hydrogens is 212 g/mol. The molecule has 17 heavy (non-hydrogen) atoms. The van der Waals surface area contributed by atoms with E-state index in [2.05, 4.69) is 28.4 Å². The maximum Gasteiger partial charge on any atom is 0.0623 e. The predicted octanol–water partition coefficient (Wildman–Crippen LogP) is 1.90. The molecule has 4 heteroatoms. The molecule has 0 bridgehead atoms. The second-order valence-electron chi connectivity index (χ2n) is 4.12. The van der Waals surface area contributed by atoms with Crippen LogP contribution in [0.3, 0.4) is 0 Å². The lowest BCUT2D eigenvalue weighted by Crippen LogP contribution is -2.22. The molecule has 0 aliphatic heterocycles. The van der Waals surface area contributed by atoms with Crippen LogP contribution in [-0.2, 0) is 7.05 Å². The Bertz CT molecular complexity index is 449. The first-order valence-electron chi connectivity index (χ1n) is 5.93. The quantitative estimate of drug-likeness (QED) is 0.853. The van der Waals surface area contributed by atoms with Crippen molar-refractivity contribution < 1.29 is 0 Å². The van der Waals surface area contributed by atoms with Gasteiger partial charge in [0.2, 0.25) is 0 Å². The smallest absolute Gasteiger partial charge is 0.0623 e. The maximum absolute atomic E-state index is 4.23. The molecule has 0 saturated carbocycles. The third-order valence-corrected chi connectivity index (χ3v) is 2.67. The van der Waals surface area contributed by atoms with Gasteiger partial charge in [-0.1, -0.05) is 13.0 Å². The highest BCUT2D eigenvalue weighted by molar-refractivity contribution is 5.26. The van der Waals surface area contributed by atoms with Gasteiger partial charge in [0.15, 0.2) is 0 Å². The average molecular weight is 230 g/mol. The number of aryl methyl sites for hydroxylation is 1. The highest BCUT2D eigenvalue weighted by atomic mass is 15.2. The van der Waals surface area contributed by atoms with Crippen molar-refractivity contribution in [1.29, 1.82) is 0 Å². The Morgan fingerprint density at radius 1 is 1.35 bits per heavy atom. The van der Waals surface area contributed by atoms with Crippen molar-refractivity contribution in [2.75, 3.05) is 6.54 Å². The van der Waals surface area contributed by atoms with Gasteiger partial charge in [-0.3, -0.25) is 9.67 Å². The molecule has 1 N–H and O–H groups in total. The van der Waals surface area contributed by atoms with Crippen molar-refractivity contribution in [3.63, 3.8) is 0 Å². The van der Waals surface area contributed by atoms with Crippen LogP contribution in [0.25, 0.3) is 0 Å². The molecule has 90 valence electrons. The number of nitrogens with zero attached hydrogens (tertiary/aromatic N) is 3. The Morgan fingerprint density at radius 2 is 2.24 bits per heavy atom. The SMILES string of the molecule is CCCNC(c1cccnc1)c1cnn(C)c1. The molecule has 1 unspecified atom stereocenters. The predicted molar refractivity (Wildman–Crippen MR) is 67.6 cm³/mol. The molecule has 2 rings (SSSR count). The van der Waals surface area contributed by atoms with Gasteiger partial charge in [0.25, 0.3) is 0 Å². The van der Waals surface area contributed by atoms with Gasteiger partial charge in [0, 0.05) is 31.2 Å². The second kappa shape index (κ2) is 5.59. The summed E-state index contributed by atoms with van der Waals surface area (Å²) in [5, 5.41) is 7.75. The van der Waals surface area contributed by atoms with Gasteiger partial charge >= 0.3 is 0 Å². The van der Waals surface area contributed by atoms with Crippen molar-refractivity contribution in [3.05, 3.63) is 48.0 Å². The molecule has 0 amide bonds. The van der Waals surface area contributed by atoms with E-state index in [1.807, 2.05) is 36.4 Å². The molecule has 1 atom stereocenters. The van der Waals surface area contributed by atoms with Crippen molar-refractivity contribution in [2.45, 2.75) is 19.4 Å². The highest BCUT2D eigenvalue weighted by Gasteiger charge is 2.14. The van der Waals surface area contributed by atoms with Crippen LogP contribution in [0.5, 0.6) is 0 Å². The zero-order valence-corrected chi connectivity index (χ0v) is 10.3. The summed E-state index contributed by atoms with van der Waals surface area (Å²) < 4.78 is 1.83. The first-order chi connectivity index (χ1) is 8.31. The number of aromatic nitrogens is 3. The topological polar surface area (TPSA) is 42.7 Å². The number of rotatable bonds is 5. The summed E-state index contributed by atoms with van der Waals surface area (Å²) in [5.41, 5.74) is 2.35. The van der Waals surface area contributed by atoms with Crippen molar-refractivity contribution >= 4 is 0 Å². The van der Waals surface area contributed by atoms with Crippen LogP contribution in [0.2, 0.25) is 0 Å². The molecule has 0 spiro atoms. The molecule has 0 fully saturated rings. The van der Waals surface area contributed by atoms with Crippen LogP contribution in [0.4, 0.5) is 0 Å². The summed E-state index contributed by atoms with van der Waals surface area (Å²) in [4.78, 5) is 4.18. The third kappa shape index (κ3) is 2.91. The summed E-state index contributed by atoms with van der Waals surface area (Å²) in [6.07, 6.45) is 8.75. The number of nitrogens with one attached hydrogen (secondary N) is 1. The van der Waals surface area contributed by atoms with E-state index in [0.29, 0.717) is 0 Å². The van der Waals surface area contributed by atoms with Crippen LogP contribution in [0, 0.1) is 0 Å². The van der Waals surface area contributed by atoms with Crippen molar-refractivity contribution in [3.8, 4) is 0 Å². The van der Waals surface area contributed by atoms with Gasteiger partial charge in [0.05, 0.1) is 12.2 Å². The number of pyridine rings is 1. The molecule has 2 aromatic heterocycles. The lowest BCUT2D eigenvalue weighted by Gasteiger charge is -2.16. The first kappa shape index (κ1) is 11.8. The summed E-state index contributed by atoms with van der Waals surface area (Å²) in [6.45, 7) is 3.14. The second-order valence-corrected chi connectivity index (χ2v) is 4.12. The standard InChI is InChI=1S/C13H18N4/c1-3-6-15-13(11-5-4-7-14-8-11)12-9-16-17(2)10-12/h4-5,7-10,13,15H,3,6H2,1-2H3. The fourth-order valence-electron chi connectivity index (χ4n) is 1.85. The van der Waals surface area contributed by atoms with E-state index >= 15 is 0 Å². The lowest BCUT2D eigenvalue weighted by molar-refractivity contribution is 0.596. The highest BCUT2D eigenvalue weighted by Crippen LogP contribution is 2.20. The molecule has 4 nitrogen and oxygen atoms in total. The Kier molecular flexibility index (Phi) is 3.88. The largest absolute Gasteiger partial charge is 0.306 e. The molecule has 0 saturated heterocycles. The molecule has 2 aromatic rings.